The molecule has 0 radical (unpaired) electrons. The van der Waals surface area contributed by atoms with Crippen LogP contribution in [0.15, 0.2) is 30.3 Å². The van der Waals surface area contributed by atoms with Crippen LogP contribution in [-0.4, -0.2) is 37.0 Å². The zero-order valence-electron chi connectivity index (χ0n) is 12.3. The first kappa shape index (κ1) is 16.0. The molecular weight excluding hydrogens is 256 g/mol. The molecule has 0 aliphatic rings. The summed E-state index contributed by atoms with van der Waals surface area (Å²) >= 11 is 0. The molecule has 1 aromatic rings. The van der Waals surface area contributed by atoms with Crippen molar-refractivity contribution in [1.82, 2.24) is 10.2 Å². The Balaban J connectivity index is 2.28. The molecule has 2 amide bonds. The summed E-state index contributed by atoms with van der Waals surface area (Å²) in [5, 5.41) is 2.45. The van der Waals surface area contributed by atoms with Gasteiger partial charge in [-0.05, 0) is 24.5 Å². The number of hydrogen-bond donors (Lipinski definition) is 1. The van der Waals surface area contributed by atoms with Gasteiger partial charge in [-0.25, -0.2) is 4.79 Å². The Labute approximate surface area is 119 Å². The van der Waals surface area contributed by atoms with Crippen LogP contribution >= 0.6 is 0 Å². The number of carbonyl (C=O) groups excluding carboxylic acids is 2. The maximum Gasteiger partial charge on any atom is 0.413 e. The van der Waals surface area contributed by atoms with Gasteiger partial charge in [0.05, 0.1) is 0 Å². The molecule has 5 heteroatoms. The lowest BCUT2D eigenvalue weighted by atomic mass is 10.1. The molecule has 1 N–H and O–H groups in total. The van der Waals surface area contributed by atoms with Crippen LogP contribution in [0.3, 0.4) is 0 Å². The fraction of sp³-hybridized carbons (Fsp3) is 0.467. The van der Waals surface area contributed by atoms with Gasteiger partial charge in [-0.2, -0.15) is 0 Å². The van der Waals surface area contributed by atoms with Gasteiger partial charge in [0.25, 0.3) is 0 Å². The monoisotopic (exact) mass is 278 g/mol. The van der Waals surface area contributed by atoms with Crippen LogP contribution in [0.25, 0.3) is 0 Å². The van der Waals surface area contributed by atoms with Gasteiger partial charge in [0.15, 0.2) is 0 Å². The SMILES string of the molecule is CC(C)CCN(C)C(=O)CNC(=O)Oc1ccccc1. The second-order valence-electron chi connectivity index (χ2n) is 5.05. The lowest BCUT2D eigenvalue weighted by molar-refractivity contribution is -0.128. The van der Waals surface area contributed by atoms with E-state index in [9.17, 15) is 9.59 Å². The number of likely N-dealkylation sites (N-methyl/N-ethyl adjacent to an activating group) is 1. The fourth-order valence-corrected chi connectivity index (χ4v) is 1.49. The lowest BCUT2D eigenvalue weighted by Crippen LogP contribution is -2.39. The predicted molar refractivity (Wildman–Crippen MR) is 77.6 cm³/mol. The second kappa shape index (κ2) is 8.19. The van der Waals surface area contributed by atoms with Crippen molar-refractivity contribution >= 4 is 12.0 Å². The average molecular weight is 278 g/mol. The van der Waals surface area contributed by atoms with Crippen LogP contribution in [0.4, 0.5) is 4.79 Å². The molecule has 0 aromatic heterocycles. The van der Waals surface area contributed by atoms with E-state index in [1.807, 2.05) is 6.07 Å². The molecule has 20 heavy (non-hydrogen) atoms. The molecule has 0 atom stereocenters. The summed E-state index contributed by atoms with van der Waals surface area (Å²) in [5.74, 6) is 0.863. The lowest BCUT2D eigenvalue weighted by Gasteiger charge is -2.18. The van der Waals surface area contributed by atoms with Crippen molar-refractivity contribution in [2.75, 3.05) is 20.1 Å². The molecule has 0 saturated heterocycles. The highest BCUT2D eigenvalue weighted by molar-refractivity contribution is 5.82. The van der Waals surface area contributed by atoms with Gasteiger partial charge in [-0.1, -0.05) is 32.0 Å². The van der Waals surface area contributed by atoms with Gasteiger partial charge in [-0.15, -0.1) is 0 Å². The van der Waals surface area contributed by atoms with E-state index >= 15 is 0 Å². The van der Waals surface area contributed by atoms with Crippen molar-refractivity contribution in [3.63, 3.8) is 0 Å². The topological polar surface area (TPSA) is 58.6 Å². The average Bonchev–Trinajstić information content (AvgIpc) is 2.43. The van der Waals surface area contributed by atoms with Crippen molar-refractivity contribution in [2.24, 2.45) is 5.92 Å². The normalized spacial score (nSPS) is 10.2. The van der Waals surface area contributed by atoms with Gasteiger partial charge in [0.2, 0.25) is 5.91 Å². The molecule has 0 unspecified atom stereocenters. The third-order valence-electron chi connectivity index (χ3n) is 2.81. The summed E-state index contributed by atoms with van der Waals surface area (Å²) in [6.45, 7) is 4.84. The zero-order valence-corrected chi connectivity index (χ0v) is 12.3. The van der Waals surface area contributed by atoms with E-state index in [0.717, 1.165) is 6.42 Å². The van der Waals surface area contributed by atoms with Gasteiger partial charge in [-0.3, -0.25) is 4.79 Å². The molecule has 5 nitrogen and oxygen atoms in total. The number of para-hydroxylation sites is 1. The minimum atomic E-state index is -0.623. The third-order valence-corrected chi connectivity index (χ3v) is 2.81. The van der Waals surface area contributed by atoms with E-state index in [2.05, 4.69) is 19.2 Å². The molecule has 0 heterocycles. The highest BCUT2D eigenvalue weighted by atomic mass is 16.6. The summed E-state index contributed by atoms with van der Waals surface area (Å²) in [7, 11) is 1.73. The van der Waals surface area contributed by atoms with Crippen LogP contribution < -0.4 is 10.1 Å². The molecular formula is C15H22N2O3. The summed E-state index contributed by atoms with van der Waals surface area (Å²) in [6, 6.07) is 8.73. The largest absolute Gasteiger partial charge is 0.413 e. The van der Waals surface area contributed by atoms with E-state index in [1.54, 1.807) is 36.2 Å². The van der Waals surface area contributed by atoms with Crippen LogP contribution in [0, 0.1) is 5.92 Å². The maximum absolute atomic E-state index is 11.8. The highest BCUT2D eigenvalue weighted by Crippen LogP contribution is 2.08. The molecule has 0 aliphatic heterocycles. The Morgan fingerprint density at radius 2 is 1.90 bits per heavy atom. The van der Waals surface area contributed by atoms with Crippen molar-refractivity contribution in [2.45, 2.75) is 20.3 Å². The van der Waals surface area contributed by atoms with Gasteiger partial charge >= 0.3 is 6.09 Å². The van der Waals surface area contributed by atoms with E-state index in [0.29, 0.717) is 18.2 Å². The van der Waals surface area contributed by atoms with E-state index in [4.69, 9.17) is 4.74 Å². The molecule has 0 fully saturated rings. The van der Waals surface area contributed by atoms with Crippen molar-refractivity contribution in [3.8, 4) is 5.75 Å². The number of nitrogens with one attached hydrogen (secondary N) is 1. The van der Waals surface area contributed by atoms with Crippen LogP contribution in [0.5, 0.6) is 5.75 Å². The van der Waals surface area contributed by atoms with Crippen LogP contribution in [0.2, 0.25) is 0 Å². The highest BCUT2D eigenvalue weighted by Gasteiger charge is 2.11. The molecule has 0 saturated carbocycles. The molecule has 0 aliphatic carbocycles. The van der Waals surface area contributed by atoms with Crippen LogP contribution in [0.1, 0.15) is 20.3 Å². The van der Waals surface area contributed by atoms with Crippen molar-refractivity contribution in [1.29, 1.82) is 0 Å². The number of carbonyl (C=O) groups is 2. The number of amides is 2. The number of hydrogen-bond acceptors (Lipinski definition) is 3. The predicted octanol–water partition coefficient (Wildman–Crippen LogP) is 2.28. The standard InChI is InChI=1S/C15H22N2O3/c1-12(2)9-10-17(3)14(18)11-16-15(19)20-13-7-5-4-6-8-13/h4-8,12H,9-11H2,1-3H3,(H,16,19). The Kier molecular flexibility index (Phi) is 6.56. The Bertz CT molecular complexity index is 432. The molecule has 110 valence electrons. The van der Waals surface area contributed by atoms with E-state index in [1.165, 1.54) is 0 Å². The summed E-state index contributed by atoms with van der Waals surface area (Å²) < 4.78 is 5.02. The molecule has 1 aromatic carbocycles. The number of ether oxygens (including phenoxy) is 1. The summed E-state index contributed by atoms with van der Waals surface area (Å²) in [4.78, 5) is 24.9. The first-order valence-electron chi connectivity index (χ1n) is 6.73. The Morgan fingerprint density at radius 3 is 2.50 bits per heavy atom. The molecule has 0 spiro atoms. The van der Waals surface area contributed by atoms with Gasteiger partial charge in [0, 0.05) is 13.6 Å². The number of benzene rings is 1. The summed E-state index contributed by atoms with van der Waals surface area (Å²) in [5.41, 5.74) is 0. The van der Waals surface area contributed by atoms with Crippen LogP contribution in [-0.2, 0) is 4.79 Å². The summed E-state index contributed by atoms with van der Waals surface area (Å²) in [6.07, 6.45) is 0.318. The smallest absolute Gasteiger partial charge is 0.410 e. The van der Waals surface area contributed by atoms with E-state index < -0.39 is 6.09 Å². The number of nitrogens with zero attached hydrogens (tertiary/aromatic N) is 1. The quantitative estimate of drug-likeness (QED) is 0.868. The molecule has 1 rings (SSSR count). The second-order valence-corrected chi connectivity index (χ2v) is 5.05. The zero-order chi connectivity index (χ0) is 15.0. The Morgan fingerprint density at radius 1 is 1.25 bits per heavy atom. The van der Waals surface area contributed by atoms with Gasteiger partial charge in [0.1, 0.15) is 12.3 Å². The van der Waals surface area contributed by atoms with Crippen molar-refractivity contribution < 1.29 is 14.3 Å². The van der Waals surface area contributed by atoms with Crippen molar-refractivity contribution in [3.05, 3.63) is 30.3 Å². The Hall–Kier alpha value is -2.04. The first-order chi connectivity index (χ1) is 9.49. The third kappa shape index (κ3) is 6.22. The molecule has 0 bridgehead atoms. The maximum atomic E-state index is 11.8. The fourth-order valence-electron chi connectivity index (χ4n) is 1.49. The van der Waals surface area contributed by atoms with E-state index in [-0.39, 0.29) is 12.5 Å². The minimum absolute atomic E-state index is 0.0553. The first-order valence-corrected chi connectivity index (χ1v) is 6.73. The van der Waals surface area contributed by atoms with Gasteiger partial charge < -0.3 is 15.0 Å². The number of rotatable bonds is 6. The minimum Gasteiger partial charge on any atom is -0.410 e.